The highest BCUT2D eigenvalue weighted by atomic mass is 35.5. The van der Waals surface area contributed by atoms with Crippen molar-refractivity contribution in [1.29, 1.82) is 0 Å². The Morgan fingerprint density at radius 2 is 1.76 bits per heavy atom. The van der Waals surface area contributed by atoms with Gasteiger partial charge >= 0.3 is 0 Å². The van der Waals surface area contributed by atoms with E-state index in [-0.39, 0.29) is 0 Å². The fraction of sp³-hybridized carbons (Fsp3) is 0.0714. The maximum Gasteiger partial charge on any atom is 0.187 e. The van der Waals surface area contributed by atoms with Gasteiger partial charge in [-0.1, -0.05) is 35.3 Å². The number of nitrogens with zero attached hydrogens (tertiary/aromatic N) is 4. The molecular weight excluding hydrogens is 309 g/mol. The van der Waals surface area contributed by atoms with Gasteiger partial charge in [-0.05, 0) is 47.2 Å². The molecule has 7 heteroatoms. The number of benzene rings is 2. The van der Waals surface area contributed by atoms with Crippen LogP contribution in [0, 0.1) is 6.92 Å². The van der Waals surface area contributed by atoms with Crippen LogP contribution in [0.3, 0.4) is 0 Å². The van der Waals surface area contributed by atoms with Gasteiger partial charge in [0.15, 0.2) is 5.82 Å². The standard InChI is InChI=1S/C14H11Cl2N5/c1-8-2-3-9(4-13(8)17)14-18-19-20-21(14)12-6-10(15)5-11(16)7-12/h2-7H,17H2,1H3. The number of nitrogens with two attached hydrogens (primary N) is 1. The molecule has 2 aromatic carbocycles. The van der Waals surface area contributed by atoms with Crippen molar-refractivity contribution < 1.29 is 0 Å². The molecule has 5 nitrogen and oxygen atoms in total. The summed E-state index contributed by atoms with van der Waals surface area (Å²) in [5.41, 5.74) is 9.14. The molecule has 0 aliphatic carbocycles. The molecule has 3 aromatic rings. The van der Waals surface area contributed by atoms with Gasteiger partial charge in [0.05, 0.1) is 5.69 Å². The second-order valence-corrected chi connectivity index (χ2v) is 5.49. The lowest BCUT2D eigenvalue weighted by Crippen LogP contribution is -2.00. The average molecular weight is 320 g/mol. The normalized spacial score (nSPS) is 10.8. The van der Waals surface area contributed by atoms with Gasteiger partial charge in [-0.3, -0.25) is 0 Å². The number of nitrogen functional groups attached to an aromatic ring is 1. The minimum absolute atomic E-state index is 0.516. The Morgan fingerprint density at radius 3 is 2.43 bits per heavy atom. The quantitative estimate of drug-likeness (QED) is 0.733. The van der Waals surface area contributed by atoms with E-state index < -0.39 is 0 Å². The number of aromatic nitrogens is 4. The number of tetrazole rings is 1. The molecular formula is C14H11Cl2N5. The number of halogens is 2. The minimum atomic E-state index is 0.516. The Morgan fingerprint density at radius 1 is 1.05 bits per heavy atom. The zero-order valence-corrected chi connectivity index (χ0v) is 12.6. The van der Waals surface area contributed by atoms with Gasteiger partial charge < -0.3 is 5.73 Å². The Balaban J connectivity index is 2.14. The monoisotopic (exact) mass is 319 g/mol. The van der Waals surface area contributed by atoms with E-state index in [4.69, 9.17) is 28.9 Å². The van der Waals surface area contributed by atoms with Crippen LogP contribution in [0.2, 0.25) is 10.0 Å². The summed E-state index contributed by atoms with van der Waals surface area (Å²) in [6.07, 6.45) is 0. The molecule has 21 heavy (non-hydrogen) atoms. The summed E-state index contributed by atoms with van der Waals surface area (Å²) in [7, 11) is 0. The van der Waals surface area contributed by atoms with Crippen molar-refractivity contribution in [3.8, 4) is 17.1 Å². The number of rotatable bonds is 2. The Labute approximate surface area is 131 Å². The molecule has 0 amide bonds. The molecule has 0 radical (unpaired) electrons. The van der Waals surface area contributed by atoms with E-state index in [0.29, 0.717) is 27.2 Å². The van der Waals surface area contributed by atoms with Crippen LogP contribution < -0.4 is 5.73 Å². The van der Waals surface area contributed by atoms with Crippen LogP contribution in [0.25, 0.3) is 17.1 Å². The van der Waals surface area contributed by atoms with Crippen molar-refractivity contribution in [2.75, 3.05) is 5.73 Å². The molecule has 106 valence electrons. The first-order valence-corrected chi connectivity index (χ1v) is 6.91. The van der Waals surface area contributed by atoms with Gasteiger partial charge in [-0.15, -0.1) is 5.10 Å². The van der Waals surface area contributed by atoms with Crippen molar-refractivity contribution in [2.45, 2.75) is 6.92 Å². The van der Waals surface area contributed by atoms with Crippen LogP contribution in [0.1, 0.15) is 5.56 Å². The van der Waals surface area contributed by atoms with E-state index in [2.05, 4.69) is 15.5 Å². The van der Waals surface area contributed by atoms with E-state index in [0.717, 1.165) is 11.1 Å². The number of aryl methyl sites for hydroxylation is 1. The predicted octanol–water partition coefficient (Wildman–Crippen LogP) is 3.53. The van der Waals surface area contributed by atoms with Crippen LogP contribution in [0.4, 0.5) is 5.69 Å². The first-order chi connectivity index (χ1) is 10.0. The van der Waals surface area contributed by atoms with Crippen molar-refractivity contribution in [1.82, 2.24) is 20.2 Å². The van der Waals surface area contributed by atoms with Crippen LogP contribution in [0.15, 0.2) is 36.4 Å². The summed E-state index contributed by atoms with van der Waals surface area (Å²) in [6.45, 7) is 1.94. The third-order valence-electron chi connectivity index (χ3n) is 3.10. The van der Waals surface area contributed by atoms with Gasteiger partial charge in [0.1, 0.15) is 0 Å². The molecule has 0 saturated heterocycles. The van der Waals surface area contributed by atoms with E-state index >= 15 is 0 Å². The van der Waals surface area contributed by atoms with Crippen LogP contribution >= 0.6 is 23.2 Å². The van der Waals surface area contributed by atoms with E-state index in [9.17, 15) is 0 Å². The van der Waals surface area contributed by atoms with E-state index in [1.807, 2.05) is 25.1 Å². The first-order valence-electron chi connectivity index (χ1n) is 6.16. The van der Waals surface area contributed by atoms with Gasteiger partial charge in [0.2, 0.25) is 0 Å². The van der Waals surface area contributed by atoms with Crippen LogP contribution in [0.5, 0.6) is 0 Å². The molecule has 0 bridgehead atoms. The molecule has 0 aliphatic rings. The molecule has 1 heterocycles. The minimum Gasteiger partial charge on any atom is -0.398 e. The number of hydrogen-bond acceptors (Lipinski definition) is 4. The predicted molar refractivity (Wildman–Crippen MR) is 83.8 cm³/mol. The fourth-order valence-electron chi connectivity index (χ4n) is 1.98. The van der Waals surface area contributed by atoms with Crippen LogP contribution in [-0.2, 0) is 0 Å². The van der Waals surface area contributed by atoms with Crippen molar-refractivity contribution in [3.63, 3.8) is 0 Å². The molecule has 0 saturated carbocycles. The second-order valence-electron chi connectivity index (χ2n) is 4.61. The highest BCUT2D eigenvalue weighted by Gasteiger charge is 2.12. The molecule has 0 fully saturated rings. The Bertz CT molecular complexity index is 793. The highest BCUT2D eigenvalue weighted by molar-refractivity contribution is 6.34. The second kappa shape index (κ2) is 5.35. The summed E-state index contributed by atoms with van der Waals surface area (Å²) in [5, 5.41) is 12.8. The summed E-state index contributed by atoms with van der Waals surface area (Å²) in [5.74, 6) is 0.569. The average Bonchev–Trinajstić information content (AvgIpc) is 2.90. The summed E-state index contributed by atoms with van der Waals surface area (Å²) in [6, 6.07) is 10.8. The molecule has 2 N–H and O–H groups in total. The van der Waals surface area contributed by atoms with E-state index in [1.54, 1.807) is 22.9 Å². The highest BCUT2D eigenvalue weighted by Crippen LogP contribution is 2.26. The lowest BCUT2D eigenvalue weighted by atomic mass is 10.1. The largest absolute Gasteiger partial charge is 0.398 e. The molecule has 1 aromatic heterocycles. The zero-order valence-electron chi connectivity index (χ0n) is 11.1. The summed E-state index contributed by atoms with van der Waals surface area (Å²) >= 11 is 12.1. The third-order valence-corrected chi connectivity index (χ3v) is 3.54. The first kappa shape index (κ1) is 13.9. The summed E-state index contributed by atoms with van der Waals surface area (Å²) < 4.78 is 1.57. The van der Waals surface area contributed by atoms with Crippen molar-refractivity contribution in [2.24, 2.45) is 0 Å². The Hall–Kier alpha value is -2.11. The third kappa shape index (κ3) is 2.70. The van der Waals surface area contributed by atoms with Gasteiger partial charge in [-0.2, -0.15) is 4.68 Å². The Kier molecular flexibility index (Phi) is 3.53. The lowest BCUT2D eigenvalue weighted by molar-refractivity contribution is 0.791. The maximum atomic E-state index is 6.03. The number of hydrogen-bond donors (Lipinski definition) is 1. The number of anilines is 1. The lowest BCUT2D eigenvalue weighted by Gasteiger charge is -2.07. The summed E-state index contributed by atoms with van der Waals surface area (Å²) in [4.78, 5) is 0. The molecule has 3 rings (SSSR count). The molecule has 0 atom stereocenters. The van der Waals surface area contributed by atoms with Gasteiger partial charge in [-0.25, -0.2) is 0 Å². The van der Waals surface area contributed by atoms with Crippen molar-refractivity contribution in [3.05, 3.63) is 52.0 Å². The fourth-order valence-corrected chi connectivity index (χ4v) is 2.50. The van der Waals surface area contributed by atoms with Crippen molar-refractivity contribution >= 4 is 28.9 Å². The zero-order chi connectivity index (χ0) is 15.0. The smallest absolute Gasteiger partial charge is 0.187 e. The van der Waals surface area contributed by atoms with Gasteiger partial charge in [0, 0.05) is 21.3 Å². The maximum absolute atomic E-state index is 6.03. The SMILES string of the molecule is Cc1ccc(-c2nnnn2-c2cc(Cl)cc(Cl)c2)cc1N. The topological polar surface area (TPSA) is 69.6 Å². The van der Waals surface area contributed by atoms with Crippen LogP contribution in [-0.4, -0.2) is 20.2 Å². The molecule has 0 spiro atoms. The molecule has 0 unspecified atom stereocenters. The molecule has 0 aliphatic heterocycles. The van der Waals surface area contributed by atoms with E-state index in [1.165, 1.54) is 0 Å². The van der Waals surface area contributed by atoms with Gasteiger partial charge in [0.25, 0.3) is 0 Å².